The number of pyridine rings is 1. The molecule has 3 nitrogen and oxygen atoms in total. The Morgan fingerprint density at radius 1 is 1.28 bits per heavy atom. The zero-order chi connectivity index (χ0) is 13.2. The second-order valence-corrected chi connectivity index (χ2v) is 5.31. The standard InChI is InChI=1S/C14H21N3S/c1-12-9-13(11-15)10-14(17-12)16-7-5-3-4-6-8-18-2/h9-10H,3-8H2,1-2H3,(H,16,17). The minimum atomic E-state index is 0.671. The lowest BCUT2D eigenvalue weighted by Crippen LogP contribution is -2.04. The van der Waals surface area contributed by atoms with Crippen LogP contribution in [0.25, 0.3) is 0 Å². The average molecular weight is 263 g/mol. The SMILES string of the molecule is CSCCCCCCNc1cc(C#N)cc(C)n1. The van der Waals surface area contributed by atoms with Crippen LogP contribution in [0, 0.1) is 18.3 Å². The quantitative estimate of drug-likeness (QED) is 0.728. The van der Waals surface area contributed by atoms with Crippen molar-refractivity contribution in [2.45, 2.75) is 32.6 Å². The summed E-state index contributed by atoms with van der Waals surface area (Å²) in [4.78, 5) is 4.36. The van der Waals surface area contributed by atoms with E-state index in [1.54, 1.807) is 12.1 Å². The number of aromatic nitrogens is 1. The number of hydrogen-bond acceptors (Lipinski definition) is 4. The summed E-state index contributed by atoms with van der Waals surface area (Å²) in [7, 11) is 0. The molecule has 0 aromatic carbocycles. The molecule has 0 bridgehead atoms. The summed E-state index contributed by atoms with van der Waals surface area (Å²) in [5.74, 6) is 2.08. The Labute approximate surface area is 114 Å². The summed E-state index contributed by atoms with van der Waals surface area (Å²) < 4.78 is 0. The lowest BCUT2D eigenvalue weighted by molar-refractivity contribution is 0.688. The van der Waals surface area contributed by atoms with Gasteiger partial charge in [-0.2, -0.15) is 17.0 Å². The molecule has 1 N–H and O–H groups in total. The molecule has 0 amide bonds. The molecule has 1 aromatic heterocycles. The summed E-state index contributed by atoms with van der Waals surface area (Å²) in [6.07, 6.45) is 7.17. The highest BCUT2D eigenvalue weighted by Crippen LogP contribution is 2.10. The van der Waals surface area contributed by atoms with Crippen LogP contribution < -0.4 is 5.32 Å². The van der Waals surface area contributed by atoms with E-state index in [1.165, 1.54) is 25.0 Å². The number of hydrogen-bond donors (Lipinski definition) is 1. The van der Waals surface area contributed by atoms with Gasteiger partial charge >= 0.3 is 0 Å². The van der Waals surface area contributed by atoms with E-state index >= 15 is 0 Å². The van der Waals surface area contributed by atoms with E-state index in [2.05, 4.69) is 22.6 Å². The zero-order valence-electron chi connectivity index (χ0n) is 11.2. The molecule has 0 aliphatic carbocycles. The van der Waals surface area contributed by atoms with E-state index in [9.17, 15) is 0 Å². The van der Waals surface area contributed by atoms with Gasteiger partial charge in [0.1, 0.15) is 5.82 Å². The Kier molecular flexibility index (Phi) is 7.28. The van der Waals surface area contributed by atoms with Gasteiger partial charge in [-0.05, 0) is 43.9 Å². The van der Waals surface area contributed by atoms with Gasteiger partial charge in [0, 0.05) is 12.2 Å². The van der Waals surface area contributed by atoms with Crippen LogP contribution in [0.1, 0.15) is 36.9 Å². The van der Waals surface area contributed by atoms with Crippen LogP contribution in [-0.2, 0) is 0 Å². The predicted octanol–water partition coefficient (Wildman–Crippen LogP) is 3.60. The smallest absolute Gasteiger partial charge is 0.127 e. The van der Waals surface area contributed by atoms with E-state index in [4.69, 9.17) is 5.26 Å². The molecule has 0 spiro atoms. The second kappa shape index (κ2) is 8.82. The number of nitriles is 1. The largest absolute Gasteiger partial charge is 0.370 e. The third kappa shape index (κ3) is 5.92. The number of rotatable bonds is 8. The Morgan fingerprint density at radius 3 is 2.78 bits per heavy atom. The van der Waals surface area contributed by atoms with Gasteiger partial charge in [0.15, 0.2) is 0 Å². The molecule has 0 fully saturated rings. The fourth-order valence-electron chi connectivity index (χ4n) is 1.77. The van der Waals surface area contributed by atoms with Gasteiger partial charge in [-0.3, -0.25) is 0 Å². The van der Waals surface area contributed by atoms with Gasteiger partial charge in [-0.15, -0.1) is 0 Å². The van der Waals surface area contributed by atoms with Crippen molar-refractivity contribution in [1.82, 2.24) is 4.98 Å². The van der Waals surface area contributed by atoms with Gasteiger partial charge < -0.3 is 5.32 Å². The van der Waals surface area contributed by atoms with E-state index in [-0.39, 0.29) is 0 Å². The molecular weight excluding hydrogens is 242 g/mol. The Bertz CT molecular complexity index is 399. The van der Waals surface area contributed by atoms with E-state index in [0.717, 1.165) is 24.5 Å². The lowest BCUT2D eigenvalue weighted by atomic mass is 10.2. The molecule has 0 radical (unpaired) electrons. The normalized spacial score (nSPS) is 10.1. The molecular formula is C14H21N3S. The minimum Gasteiger partial charge on any atom is -0.370 e. The topological polar surface area (TPSA) is 48.7 Å². The fourth-order valence-corrected chi connectivity index (χ4v) is 2.26. The molecule has 0 unspecified atom stereocenters. The van der Waals surface area contributed by atoms with Crippen LogP contribution in [-0.4, -0.2) is 23.5 Å². The highest BCUT2D eigenvalue weighted by atomic mass is 32.2. The van der Waals surface area contributed by atoms with E-state index in [0.29, 0.717) is 5.56 Å². The summed E-state index contributed by atoms with van der Waals surface area (Å²) in [5.41, 5.74) is 1.56. The number of nitrogens with one attached hydrogen (secondary N) is 1. The summed E-state index contributed by atoms with van der Waals surface area (Å²) >= 11 is 1.91. The second-order valence-electron chi connectivity index (χ2n) is 4.33. The first kappa shape index (κ1) is 14.8. The maximum Gasteiger partial charge on any atom is 0.127 e. The van der Waals surface area contributed by atoms with Crippen LogP contribution >= 0.6 is 11.8 Å². The van der Waals surface area contributed by atoms with Crippen LogP contribution in [0.4, 0.5) is 5.82 Å². The van der Waals surface area contributed by atoms with Gasteiger partial charge in [0.05, 0.1) is 11.6 Å². The first-order valence-electron chi connectivity index (χ1n) is 6.38. The molecule has 0 atom stereocenters. The van der Waals surface area contributed by atoms with Crippen molar-refractivity contribution in [3.8, 4) is 6.07 Å². The van der Waals surface area contributed by atoms with Crippen molar-refractivity contribution in [3.05, 3.63) is 23.4 Å². The van der Waals surface area contributed by atoms with Crippen molar-refractivity contribution >= 4 is 17.6 Å². The van der Waals surface area contributed by atoms with Crippen molar-refractivity contribution in [3.63, 3.8) is 0 Å². The van der Waals surface area contributed by atoms with Crippen LogP contribution in [0.15, 0.2) is 12.1 Å². The minimum absolute atomic E-state index is 0.671. The van der Waals surface area contributed by atoms with Crippen LogP contribution in [0.2, 0.25) is 0 Å². The molecule has 18 heavy (non-hydrogen) atoms. The van der Waals surface area contributed by atoms with E-state index < -0.39 is 0 Å². The number of aryl methyl sites for hydroxylation is 1. The van der Waals surface area contributed by atoms with Crippen molar-refractivity contribution in [2.24, 2.45) is 0 Å². The predicted molar refractivity (Wildman–Crippen MR) is 79.0 cm³/mol. The van der Waals surface area contributed by atoms with Crippen molar-refractivity contribution in [2.75, 3.05) is 23.9 Å². The first-order chi connectivity index (χ1) is 8.76. The third-order valence-corrected chi connectivity index (χ3v) is 3.36. The van der Waals surface area contributed by atoms with Crippen LogP contribution in [0.5, 0.6) is 0 Å². The molecule has 1 heterocycles. The monoisotopic (exact) mass is 263 g/mol. The molecule has 0 saturated heterocycles. The summed E-state index contributed by atoms with van der Waals surface area (Å²) in [6, 6.07) is 5.76. The Morgan fingerprint density at radius 2 is 2.06 bits per heavy atom. The number of anilines is 1. The number of nitrogens with zero attached hydrogens (tertiary/aromatic N) is 2. The Hall–Kier alpha value is -1.21. The highest BCUT2D eigenvalue weighted by molar-refractivity contribution is 7.98. The molecule has 0 saturated carbocycles. The van der Waals surface area contributed by atoms with Crippen LogP contribution in [0.3, 0.4) is 0 Å². The molecule has 1 aromatic rings. The Balaban J connectivity index is 2.23. The van der Waals surface area contributed by atoms with E-state index in [1.807, 2.05) is 18.7 Å². The maximum absolute atomic E-state index is 8.87. The molecule has 0 aliphatic rings. The lowest BCUT2D eigenvalue weighted by Gasteiger charge is -2.06. The first-order valence-corrected chi connectivity index (χ1v) is 7.77. The van der Waals surface area contributed by atoms with Gasteiger partial charge in [-0.25, -0.2) is 4.98 Å². The summed E-state index contributed by atoms with van der Waals surface area (Å²) in [6.45, 7) is 2.84. The van der Waals surface area contributed by atoms with Gasteiger partial charge in [-0.1, -0.05) is 12.8 Å². The zero-order valence-corrected chi connectivity index (χ0v) is 12.0. The molecule has 0 aliphatic heterocycles. The third-order valence-electron chi connectivity index (χ3n) is 2.66. The molecule has 98 valence electrons. The molecule has 1 rings (SSSR count). The van der Waals surface area contributed by atoms with Gasteiger partial charge in [0.25, 0.3) is 0 Å². The number of unbranched alkanes of at least 4 members (excludes halogenated alkanes) is 3. The fraction of sp³-hybridized carbons (Fsp3) is 0.571. The maximum atomic E-state index is 8.87. The van der Waals surface area contributed by atoms with Gasteiger partial charge in [0.2, 0.25) is 0 Å². The number of thioether (sulfide) groups is 1. The average Bonchev–Trinajstić information content (AvgIpc) is 2.37. The highest BCUT2D eigenvalue weighted by Gasteiger charge is 1.99. The molecule has 4 heteroatoms. The van der Waals surface area contributed by atoms with Crippen molar-refractivity contribution in [1.29, 1.82) is 5.26 Å². The summed E-state index contributed by atoms with van der Waals surface area (Å²) in [5, 5.41) is 12.2. The van der Waals surface area contributed by atoms with Crippen molar-refractivity contribution < 1.29 is 0 Å².